The van der Waals surface area contributed by atoms with Crippen LogP contribution in [0.3, 0.4) is 0 Å². The van der Waals surface area contributed by atoms with E-state index in [2.05, 4.69) is 0 Å². The zero-order valence-corrected chi connectivity index (χ0v) is 6.32. The molecule has 10 heavy (non-hydrogen) atoms. The minimum atomic E-state index is -0.364. The van der Waals surface area contributed by atoms with Crippen LogP contribution in [0.25, 0.3) is 0 Å². The van der Waals surface area contributed by atoms with Gasteiger partial charge < -0.3 is 0 Å². The summed E-state index contributed by atoms with van der Waals surface area (Å²) in [6.07, 6.45) is 1.77. The summed E-state index contributed by atoms with van der Waals surface area (Å²) in [5, 5.41) is 0.199. The Morgan fingerprint density at radius 2 is 2.20 bits per heavy atom. The van der Waals surface area contributed by atoms with Gasteiger partial charge in [0.05, 0.1) is 5.02 Å². The SMILES string of the molecule is C[CH]c1cccc(F)c1Cl. The van der Waals surface area contributed by atoms with Crippen molar-refractivity contribution >= 4 is 11.6 Å². The Kier molecular flexibility index (Phi) is 2.28. The lowest BCUT2D eigenvalue weighted by atomic mass is 10.2. The molecular formula is C8H7ClF. The summed E-state index contributed by atoms with van der Waals surface area (Å²) in [5.74, 6) is -0.364. The molecule has 0 saturated heterocycles. The number of rotatable bonds is 1. The zero-order chi connectivity index (χ0) is 7.56. The molecule has 0 heterocycles. The van der Waals surface area contributed by atoms with Crippen molar-refractivity contribution in [2.24, 2.45) is 0 Å². The highest BCUT2D eigenvalue weighted by molar-refractivity contribution is 6.31. The maximum absolute atomic E-state index is 12.6. The van der Waals surface area contributed by atoms with E-state index in [0.29, 0.717) is 0 Å². The van der Waals surface area contributed by atoms with E-state index in [1.165, 1.54) is 6.07 Å². The number of hydrogen-bond donors (Lipinski definition) is 0. The summed E-state index contributed by atoms with van der Waals surface area (Å²) in [6.45, 7) is 1.82. The van der Waals surface area contributed by atoms with Gasteiger partial charge in [-0.2, -0.15) is 0 Å². The largest absolute Gasteiger partial charge is 0.205 e. The molecule has 1 aromatic carbocycles. The monoisotopic (exact) mass is 157 g/mol. The molecule has 0 aliphatic rings. The van der Waals surface area contributed by atoms with Crippen molar-refractivity contribution in [1.82, 2.24) is 0 Å². The molecule has 53 valence electrons. The van der Waals surface area contributed by atoms with E-state index >= 15 is 0 Å². The lowest BCUT2D eigenvalue weighted by molar-refractivity contribution is 0.627. The molecule has 0 atom stereocenters. The molecule has 0 aliphatic carbocycles. The van der Waals surface area contributed by atoms with E-state index in [9.17, 15) is 4.39 Å². The first-order valence-electron chi connectivity index (χ1n) is 2.99. The molecule has 0 aromatic heterocycles. The second-order valence-electron chi connectivity index (χ2n) is 1.93. The van der Waals surface area contributed by atoms with Crippen molar-refractivity contribution in [3.05, 3.63) is 41.0 Å². The van der Waals surface area contributed by atoms with Gasteiger partial charge in [-0.25, -0.2) is 4.39 Å². The van der Waals surface area contributed by atoms with Gasteiger partial charge in [0.25, 0.3) is 0 Å². The highest BCUT2D eigenvalue weighted by Gasteiger charge is 2.01. The first-order valence-corrected chi connectivity index (χ1v) is 3.37. The van der Waals surface area contributed by atoms with Crippen LogP contribution in [0, 0.1) is 12.2 Å². The molecule has 2 heteroatoms. The molecule has 0 bridgehead atoms. The van der Waals surface area contributed by atoms with Crippen LogP contribution < -0.4 is 0 Å². The molecule has 0 spiro atoms. The van der Waals surface area contributed by atoms with Crippen molar-refractivity contribution in [3.8, 4) is 0 Å². The predicted molar refractivity (Wildman–Crippen MR) is 40.5 cm³/mol. The molecule has 0 aliphatic heterocycles. The minimum Gasteiger partial charge on any atom is -0.205 e. The molecule has 1 aromatic rings. The van der Waals surface area contributed by atoms with E-state index in [1.807, 2.05) is 6.92 Å². The third-order valence-electron chi connectivity index (χ3n) is 1.29. The maximum atomic E-state index is 12.6. The highest BCUT2D eigenvalue weighted by Crippen LogP contribution is 2.20. The molecule has 0 nitrogen and oxygen atoms in total. The quantitative estimate of drug-likeness (QED) is 0.588. The van der Waals surface area contributed by atoms with Crippen LogP contribution in [0.5, 0.6) is 0 Å². The van der Waals surface area contributed by atoms with E-state index < -0.39 is 0 Å². The van der Waals surface area contributed by atoms with E-state index in [-0.39, 0.29) is 10.8 Å². The first kappa shape index (κ1) is 7.55. The van der Waals surface area contributed by atoms with Crippen LogP contribution in [0.2, 0.25) is 5.02 Å². The molecule has 0 amide bonds. The Balaban J connectivity index is 3.14. The average Bonchev–Trinajstić information content (AvgIpc) is 1.95. The molecule has 1 radical (unpaired) electrons. The summed E-state index contributed by atoms with van der Waals surface area (Å²) in [4.78, 5) is 0. The van der Waals surface area contributed by atoms with Crippen LogP contribution in [-0.2, 0) is 0 Å². The second-order valence-corrected chi connectivity index (χ2v) is 2.31. The smallest absolute Gasteiger partial charge is 0.142 e. The summed E-state index contributed by atoms with van der Waals surface area (Å²) < 4.78 is 12.6. The lowest BCUT2D eigenvalue weighted by Crippen LogP contribution is -1.82. The predicted octanol–water partition coefficient (Wildman–Crippen LogP) is 3.05. The van der Waals surface area contributed by atoms with Gasteiger partial charge in [0.2, 0.25) is 0 Å². The third kappa shape index (κ3) is 1.29. The third-order valence-corrected chi connectivity index (χ3v) is 1.69. The van der Waals surface area contributed by atoms with Crippen LogP contribution in [-0.4, -0.2) is 0 Å². The maximum Gasteiger partial charge on any atom is 0.142 e. The van der Waals surface area contributed by atoms with Gasteiger partial charge in [-0.15, -0.1) is 0 Å². The molecule has 1 rings (SSSR count). The van der Waals surface area contributed by atoms with E-state index in [4.69, 9.17) is 11.6 Å². The van der Waals surface area contributed by atoms with Crippen LogP contribution >= 0.6 is 11.6 Å². The summed E-state index contributed by atoms with van der Waals surface area (Å²) in [5.41, 5.74) is 0.738. The fraction of sp³-hybridized carbons (Fsp3) is 0.125. The van der Waals surface area contributed by atoms with Crippen molar-refractivity contribution in [2.75, 3.05) is 0 Å². The zero-order valence-electron chi connectivity index (χ0n) is 5.57. The molecule has 0 N–H and O–H groups in total. The van der Waals surface area contributed by atoms with Gasteiger partial charge in [-0.05, 0) is 18.1 Å². The van der Waals surface area contributed by atoms with E-state index in [0.717, 1.165) is 5.56 Å². The Morgan fingerprint density at radius 3 is 2.70 bits per heavy atom. The molecule has 0 saturated carbocycles. The van der Waals surface area contributed by atoms with Gasteiger partial charge in [0.1, 0.15) is 5.82 Å². The van der Waals surface area contributed by atoms with Crippen molar-refractivity contribution in [1.29, 1.82) is 0 Å². The summed E-state index contributed by atoms with van der Waals surface area (Å²) in [7, 11) is 0. The van der Waals surface area contributed by atoms with Crippen LogP contribution in [0.15, 0.2) is 18.2 Å². The number of hydrogen-bond acceptors (Lipinski definition) is 0. The van der Waals surface area contributed by atoms with Gasteiger partial charge >= 0.3 is 0 Å². The molecular weight excluding hydrogens is 151 g/mol. The molecule has 0 fully saturated rings. The van der Waals surface area contributed by atoms with Crippen molar-refractivity contribution in [2.45, 2.75) is 6.92 Å². The Labute approximate surface area is 64.6 Å². The second kappa shape index (κ2) is 3.02. The summed E-state index contributed by atoms with van der Waals surface area (Å²) in [6, 6.07) is 4.75. The number of halogens is 2. The van der Waals surface area contributed by atoms with Gasteiger partial charge in [0, 0.05) is 0 Å². The summed E-state index contributed by atoms with van der Waals surface area (Å²) >= 11 is 5.59. The van der Waals surface area contributed by atoms with Gasteiger partial charge in [0.15, 0.2) is 0 Å². The first-order chi connectivity index (χ1) is 4.75. The Hall–Kier alpha value is -0.560. The van der Waals surface area contributed by atoms with Crippen LogP contribution in [0.4, 0.5) is 4.39 Å². The fourth-order valence-corrected chi connectivity index (χ4v) is 0.979. The minimum absolute atomic E-state index is 0.199. The van der Waals surface area contributed by atoms with Gasteiger partial charge in [-0.3, -0.25) is 0 Å². The molecule has 0 unspecified atom stereocenters. The highest BCUT2D eigenvalue weighted by atomic mass is 35.5. The van der Waals surface area contributed by atoms with Crippen LogP contribution in [0.1, 0.15) is 12.5 Å². The topological polar surface area (TPSA) is 0 Å². The standard InChI is InChI=1S/C8H7ClF/c1-2-6-4-3-5-7(10)8(6)9/h2-5H,1H3. The lowest BCUT2D eigenvalue weighted by Gasteiger charge is -1.98. The van der Waals surface area contributed by atoms with E-state index in [1.54, 1.807) is 18.6 Å². The Morgan fingerprint density at radius 1 is 1.50 bits per heavy atom. The normalized spacial score (nSPS) is 9.90. The van der Waals surface area contributed by atoms with Gasteiger partial charge in [-0.1, -0.05) is 30.7 Å². The average molecular weight is 158 g/mol. The Bertz CT molecular complexity index is 233. The number of benzene rings is 1. The fourth-order valence-electron chi connectivity index (χ4n) is 0.743. The van der Waals surface area contributed by atoms with Crippen molar-refractivity contribution in [3.63, 3.8) is 0 Å². The van der Waals surface area contributed by atoms with Crippen molar-refractivity contribution < 1.29 is 4.39 Å².